The first-order chi connectivity index (χ1) is 10.3. The van der Waals surface area contributed by atoms with Crippen LogP contribution in [0.1, 0.15) is 11.3 Å². The molecule has 0 atom stereocenters. The van der Waals surface area contributed by atoms with Gasteiger partial charge < -0.3 is 15.0 Å². The summed E-state index contributed by atoms with van der Waals surface area (Å²) in [4.78, 5) is 6.90. The van der Waals surface area contributed by atoms with E-state index in [2.05, 4.69) is 21.3 Å². The molecule has 3 rings (SSSR count). The van der Waals surface area contributed by atoms with E-state index in [1.54, 1.807) is 0 Å². The van der Waals surface area contributed by atoms with Crippen molar-refractivity contribution in [2.75, 3.05) is 25.1 Å². The van der Waals surface area contributed by atoms with Gasteiger partial charge in [0.25, 0.3) is 0 Å². The summed E-state index contributed by atoms with van der Waals surface area (Å²) in [5, 5.41) is 3.79. The Labute approximate surface area is 129 Å². The molecule has 5 heteroatoms. The summed E-state index contributed by atoms with van der Waals surface area (Å²) >= 11 is 6.18. The number of ether oxygens (including phenoxy) is 1. The molecule has 1 aliphatic rings. The summed E-state index contributed by atoms with van der Waals surface area (Å²) in [7, 11) is 1.89. The van der Waals surface area contributed by atoms with Gasteiger partial charge in [0.05, 0.1) is 17.3 Å². The third kappa shape index (κ3) is 3.12. The van der Waals surface area contributed by atoms with Crippen LogP contribution in [0, 0.1) is 0 Å². The van der Waals surface area contributed by atoms with Crippen LogP contribution in [-0.4, -0.2) is 25.2 Å². The summed E-state index contributed by atoms with van der Waals surface area (Å²) < 4.78 is 5.79. The summed E-state index contributed by atoms with van der Waals surface area (Å²) in [5.74, 6) is 1.90. The quantitative estimate of drug-likeness (QED) is 0.946. The Bertz CT molecular complexity index is 633. The molecule has 2 aromatic rings. The highest BCUT2D eigenvalue weighted by Crippen LogP contribution is 2.26. The van der Waals surface area contributed by atoms with Crippen molar-refractivity contribution in [1.82, 2.24) is 10.3 Å². The molecule has 0 saturated heterocycles. The maximum absolute atomic E-state index is 6.18. The number of fused-ring (bicyclic) bond motifs is 1. The molecule has 1 aliphatic heterocycles. The van der Waals surface area contributed by atoms with Gasteiger partial charge in [-0.15, -0.1) is 0 Å². The van der Waals surface area contributed by atoms with Crippen LogP contribution in [0.5, 0.6) is 5.75 Å². The average molecular weight is 304 g/mol. The van der Waals surface area contributed by atoms with Crippen molar-refractivity contribution in [3.8, 4) is 5.75 Å². The fraction of sp³-hybridized carbons (Fsp3) is 0.312. The van der Waals surface area contributed by atoms with E-state index in [1.807, 2.05) is 37.4 Å². The molecule has 4 nitrogen and oxygen atoms in total. The van der Waals surface area contributed by atoms with Gasteiger partial charge in [-0.2, -0.15) is 0 Å². The third-order valence-corrected chi connectivity index (χ3v) is 3.87. The first kappa shape index (κ1) is 14.2. The Balaban J connectivity index is 1.88. The lowest BCUT2D eigenvalue weighted by Gasteiger charge is -2.21. The van der Waals surface area contributed by atoms with Crippen molar-refractivity contribution < 1.29 is 4.74 Å². The summed E-state index contributed by atoms with van der Waals surface area (Å²) in [6.45, 7) is 2.92. The zero-order valence-corrected chi connectivity index (χ0v) is 12.7. The van der Waals surface area contributed by atoms with E-state index in [4.69, 9.17) is 16.3 Å². The van der Waals surface area contributed by atoms with Gasteiger partial charge in [0.1, 0.15) is 18.2 Å². The molecular formula is C16H18ClN3O. The summed E-state index contributed by atoms with van der Waals surface area (Å²) in [6, 6.07) is 12.0. The normalized spacial score (nSPS) is 14.3. The number of anilines is 1. The molecule has 1 N–H and O–H groups in total. The highest BCUT2D eigenvalue weighted by atomic mass is 35.5. The van der Waals surface area contributed by atoms with Crippen LogP contribution >= 0.6 is 11.6 Å². The molecule has 0 amide bonds. The van der Waals surface area contributed by atoms with Gasteiger partial charge in [-0.3, -0.25) is 0 Å². The molecule has 0 bridgehead atoms. The zero-order valence-electron chi connectivity index (χ0n) is 12.0. The van der Waals surface area contributed by atoms with Crippen LogP contribution in [0.2, 0.25) is 5.02 Å². The van der Waals surface area contributed by atoms with Crippen molar-refractivity contribution in [1.29, 1.82) is 0 Å². The Morgan fingerprint density at radius 1 is 1.29 bits per heavy atom. The smallest absolute Gasteiger partial charge is 0.129 e. The third-order valence-electron chi connectivity index (χ3n) is 3.52. The van der Waals surface area contributed by atoms with Crippen LogP contribution in [0.25, 0.3) is 0 Å². The molecule has 2 heterocycles. The van der Waals surface area contributed by atoms with Crippen LogP contribution in [-0.2, 0) is 13.1 Å². The van der Waals surface area contributed by atoms with Crippen molar-refractivity contribution in [3.05, 3.63) is 52.7 Å². The molecule has 0 radical (unpaired) electrons. The number of para-hydroxylation sites is 1. The summed E-state index contributed by atoms with van der Waals surface area (Å²) in [6.07, 6.45) is 0. The standard InChI is InChI=1S/C16H18ClN3O/c1-18-10-14-13(17)6-7-16(19-14)20-8-9-21-15-5-3-2-4-12(15)11-20/h2-7,18H,8-11H2,1H3. The Morgan fingerprint density at radius 2 is 2.14 bits per heavy atom. The molecule has 0 fully saturated rings. The second-order valence-electron chi connectivity index (χ2n) is 5.01. The van der Waals surface area contributed by atoms with Gasteiger partial charge in [0.15, 0.2) is 0 Å². The van der Waals surface area contributed by atoms with Crippen molar-refractivity contribution in [3.63, 3.8) is 0 Å². The Kier molecular flexibility index (Phi) is 4.27. The predicted octanol–water partition coefficient (Wildman–Crippen LogP) is 2.85. The number of halogens is 1. The van der Waals surface area contributed by atoms with Crippen molar-refractivity contribution >= 4 is 17.4 Å². The van der Waals surface area contributed by atoms with Crippen LogP contribution in [0.4, 0.5) is 5.82 Å². The van der Waals surface area contributed by atoms with E-state index < -0.39 is 0 Å². The lowest BCUT2D eigenvalue weighted by atomic mass is 10.2. The zero-order chi connectivity index (χ0) is 14.7. The number of nitrogens with zero attached hydrogens (tertiary/aromatic N) is 2. The van der Waals surface area contributed by atoms with E-state index >= 15 is 0 Å². The first-order valence-electron chi connectivity index (χ1n) is 7.03. The van der Waals surface area contributed by atoms with Crippen LogP contribution < -0.4 is 15.0 Å². The molecule has 0 aliphatic carbocycles. The van der Waals surface area contributed by atoms with Crippen molar-refractivity contribution in [2.24, 2.45) is 0 Å². The fourth-order valence-electron chi connectivity index (χ4n) is 2.46. The number of pyridine rings is 1. The second kappa shape index (κ2) is 6.33. The molecule has 0 saturated carbocycles. The predicted molar refractivity (Wildman–Crippen MR) is 85.0 cm³/mol. The first-order valence-corrected chi connectivity index (χ1v) is 7.41. The van der Waals surface area contributed by atoms with Gasteiger partial charge in [-0.25, -0.2) is 4.98 Å². The maximum Gasteiger partial charge on any atom is 0.129 e. The maximum atomic E-state index is 6.18. The number of hydrogen-bond donors (Lipinski definition) is 1. The lowest BCUT2D eigenvalue weighted by molar-refractivity contribution is 0.331. The number of nitrogens with one attached hydrogen (secondary N) is 1. The number of rotatable bonds is 3. The minimum absolute atomic E-state index is 0.655. The van der Waals surface area contributed by atoms with E-state index in [9.17, 15) is 0 Å². The average Bonchev–Trinajstić information content (AvgIpc) is 2.72. The minimum atomic E-state index is 0.655. The minimum Gasteiger partial charge on any atom is -0.491 e. The van der Waals surface area contributed by atoms with Gasteiger partial charge >= 0.3 is 0 Å². The number of benzene rings is 1. The molecule has 0 unspecified atom stereocenters. The fourth-order valence-corrected chi connectivity index (χ4v) is 2.63. The largest absolute Gasteiger partial charge is 0.491 e. The monoisotopic (exact) mass is 303 g/mol. The molecule has 21 heavy (non-hydrogen) atoms. The molecular weight excluding hydrogens is 286 g/mol. The topological polar surface area (TPSA) is 37.4 Å². The highest BCUT2D eigenvalue weighted by molar-refractivity contribution is 6.31. The number of aromatic nitrogens is 1. The van der Waals surface area contributed by atoms with Gasteiger partial charge in [-0.05, 0) is 25.2 Å². The molecule has 1 aromatic heterocycles. The van der Waals surface area contributed by atoms with Gasteiger partial charge in [0, 0.05) is 18.7 Å². The van der Waals surface area contributed by atoms with Crippen LogP contribution in [0.15, 0.2) is 36.4 Å². The summed E-state index contributed by atoms with van der Waals surface area (Å²) in [5.41, 5.74) is 2.05. The molecule has 110 valence electrons. The molecule has 1 aromatic carbocycles. The molecule has 0 spiro atoms. The lowest BCUT2D eigenvalue weighted by Crippen LogP contribution is -2.26. The number of hydrogen-bond acceptors (Lipinski definition) is 4. The van der Waals surface area contributed by atoms with Gasteiger partial charge in [0.2, 0.25) is 0 Å². The SMILES string of the molecule is CNCc1nc(N2CCOc3ccccc3C2)ccc1Cl. The van der Waals surface area contributed by atoms with Gasteiger partial charge in [-0.1, -0.05) is 29.8 Å². The van der Waals surface area contributed by atoms with E-state index in [0.29, 0.717) is 18.2 Å². The van der Waals surface area contributed by atoms with E-state index in [1.165, 1.54) is 5.56 Å². The Morgan fingerprint density at radius 3 is 3.00 bits per heavy atom. The van der Waals surface area contributed by atoms with E-state index in [0.717, 1.165) is 30.4 Å². The van der Waals surface area contributed by atoms with E-state index in [-0.39, 0.29) is 0 Å². The highest BCUT2D eigenvalue weighted by Gasteiger charge is 2.17. The Hall–Kier alpha value is -1.78. The van der Waals surface area contributed by atoms with Crippen molar-refractivity contribution in [2.45, 2.75) is 13.1 Å². The second-order valence-corrected chi connectivity index (χ2v) is 5.41. The van der Waals surface area contributed by atoms with Crippen LogP contribution in [0.3, 0.4) is 0 Å².